The van der Waals surface area contributed by atoms with Crippen molar-refractivity contribution in [3.63, 3.8) is 0 Å². The van der Waals surface area contributed by atoms with Gasteiger partial charge in [0, 0.05) is 18.0 Å². The lowest BCUT2D eigenvalue weighted by atomic mass is 9.97. The van der Waals surface area contributed by atoms with Crippen molar-refractivity contribution in [1.82, 2.24) is 5.32 Å². The molecule has 0 saturated carbocycles. The van der Waals surface area contributed by atoms with Gasteiger partial charge in [-0.2, -0.15) is 0 Å². The van der Waals surface area contributed by atoms with E-state index >= 15 is 0 Å². The number of fused-ring (bicyclic) bond motifs is 1. The number of ketones is 1. The maximum atomic E-state index is 12.3. The molecule has 1 unspecified atom stereocenters. The topological polar surface area (TPSA) is 29.1 Å². The molecule has 0 fully saturated rings. The van der Waals surface area contributed by atoms with Crippen molar-refractivity contribution < 1.29 is 4.79 Å². The first-order valence-corrected chi connectivity index (χ1v) is 6.46. The molecule has 2 rings (SSSR count). The molecule has 0 saturated heterocycles. The van der Waals surface area contributed by atoms with E-state index in [1.165, 1.54) is 5.39 Å². The Kier molecular flexibility index (Phi) is 4.11. The number of hydrogen-bond acceptors (Lipinski definition) is 2. The van der Waals surface area contributed by atoms with Gasteiger partial charge in [-0.3, -0.25) is 4.79 Å². The quantitative estimate of drug-likeness (QED) is 0.814. The van der Waals surface area contributed by atoms with Gasteiger partial charge in [-0.1, -0.05) is 50.2 Å². The molecular formula is C16H19NO. The molecule has 0 aliphatic rings. The first kappa shape index (κ1) is 12.8. The molecule has 2 heteroatoms. The van der Waals surface area contributed by atoms with Crippen molar-refractivity contribution in [2.45, 2.75) is 13.8 Å². The second-order valence-corrected chi connectivity index (χ2v) is 4.63. The Bertz CT molecular complexity index is 548. The van der Waals surface area contributed by atoms with Gasteiger partial charge in [-0.15, -0.1) is 0 Å². The van der Waals surface area contributed by atoms with Crippen LogP contribution in [0, 0.1) is 5.92 Å². The lowest BCUT2D eigenvalue weighted by Crippen LogP contribution is -2.26. The highest BCUT2D eigenvalue weighted by atomic mass is 16.1. The molecule has 2 nitrogen and oxygen atoms in total. The van der Waals surface area contributed by atoms with Crippen molar-refractivity contribution in [3.05, 3.63) is 48.0 Å². The molecule has 2 aromatic rings. The summed E-state index contributed by atoms with van der Waals surface area (Å²) < 4.78 is 0. The second kappa shape index (κ2) is 5.78. The summed E-state index contributed by atoms with van der Waals surface area (Å²) in [5, 5.41) is 5.51. The molecule has 0 aromatic heterocycles. The normalized spacial score (nSPS) is 12.6. The summed E-state index contributed by atoms with van der Waals surface area (Å²) in [7, 11) is 0. The number of Topliss-reactive ketones (excluding diaryl/α,β-unsaturated/α-hetero) is 1. The molecule has 0 amide bonds. The predicted molar refractivity (Wildman–Crippen MR) is 76.0 cm³/mol. The Morgan fingerprint density at radius 1 is 1.17 bits per heavy atom. The van der Waals surface area contributed by atoms with Crippen LogP contribution in [0.15, 0.2) is 42.5 Å². The highest BCUT2D eigenvalue weighted by molar-refractivity contribution is 6.01. The van der Waals surface area contributed by atoms with Gasteiger partial charge >= 0.3 is 0 Å². The van der Waals surface area contributed by atoms with Gasteiger partial charge in [-0.25, -0.2) is 0 Å². The summed E-state index contributed by atoms with van der Waals surface area (Å²) >= 11 is 0. The fraction of sp³-hybridized carbons (Fsp3) is 0.312. The average Bonchev–Trinajstić information content (AvgIpc) is 2.43. The third kappa shape index (κ3) is 2.77. The SMILES string of the molecule is CCNCC(C)C(=O)c1ccc2ccccc2c1. The summed E-state index contributed by atoms with van der Waals surface area (Å²) in [6, 6.07) is 14.0. The molecule has 0 aliphatic carbocycles. The molecular weight excluding hydrogens is 222 g/mol. The van der Waals surface area contributed by atoms with E-state index in [1.54, 1.807) is 0 Å². The minimum absolute atomic E-state index is 0.0195. The van der Waals surface area contributed by atoms with E-state index in [0.717, 1.165) is 24.0 Å². The van der Waals surface area contributed by atoms with E-state index in [1.807, 2.05) is 50.2 Å². The van der Waals surface area contributed by atoms with Crippen LogP contribution < -0.4 is 5.32 Å². The van der Waals surface area contributed by atoms with Crippen LogP contribution in [0.4, 0.5) is 0 Å². The van der Waals surface area contributed by atoms with Crippen LogP contribution in [0.25, 0.3) is 10.8 Å². The van der Waals surface area contributed by atoms with Crippen molar-refractivity contribution in [2.24, 2.45) is 5.92 Å². The van der Waals surface area contributed by atoms with Crippen molar-refractivity contribution >= 4 is 16.6 Å². The van der Waals surface area contributed by atoms with Gasteiger partial charge in [0.25, 0.3) is 0 Å². The molecule has 94 valence electrons. The van der Waals surface area contributed by atoms with Crippen LogP contribution in [0.2, 0.25) is 0 Å². The van der Waals surface area contributed by atoms with Crippen molar-refractivity contribution in [2.75, 3.05) is 13.1 Å². The molecule has 18 heavy (non-hydrogen) atoms. The fourth-order valence-electron chi connectivity index (χ4n) is 2.08. The summed E-state index contributed by atoms with van der Waals surface area (Å²) in [4.78, 5) is 12.3. The van der Waals surface area contributed by atoms with Gasteiger partial charge in [0.1, 0.15) is 0 Å². The van der Waals surface area contributed by atoms with Crippen LogP contribution in [0.1, 0.15) is 24.2 Å². The van der Waals surface area contributed by atoms with Crippen LogP contribution in [0.3, 0.4) is 0 Å². The Hall–Kier alpha value is -1.67. The first-order chi connectivity index (χ1) is 8.72. The van der Waals surface area contributed by atoms with Gasteiger partial charge in [0.05, 0.1) is 0 Å². The Labute approximate surface area is 108 Å². The molecule has 0 heterocycles. The van der Waals surface area contributed by atoms with Crippen molar-refractivity contribution in [3.8, 4) is 0 Å². The largest absolute Gasteiger partial charge is 0.316 e. The maximum Gasteiger partial charge on any atom is 0.166 e. The van der Waals surface area contributed by atoms with Gasteiger partial charge in [-0.05, 0) is 23.4 Å². The zero-order valence-corrected chi connectivity index (χ0v) is 10.9. The summed E-state index contributed by atoms with van der Waals surface area (Å²) in [5.74, 6) is 0.229. The Morgan fingerprint density at radius 3 is 2.61 bits per heavy atom. The van der Waals surface area contributed by atoms with Crippen LogP contribution in [0.5, 0.6) is 0 Å². The summed E-state index contributed by atoms with van der Waals surface area (Å²) in [5.41, 5.74) is 0.805. The lowest BCUT2D eigenvalue weighted by molar-refractivity contribution is 0.0929. The predicted octanol–water partition coefficient (Wildman–Crippen LogP) is 3.27. The average molecular weight is 241 g/mol. The summed E-state index contributed by atoms with van der Waals surface area (Å²) in [6.07, 6.45) is 0. The number of benzene rings is 2. The van der Waals surface area contributed by atoms with E-state index < -0.39 is 0 Å². The first-order valence-electron chi connectivity index (χ1n) is 6.46. The third-order valence-corrected chi connectivity index (χ3v) is 3.18. The minimum Gasteiger partial charge on any atom is -0.316 e. The van der Waals surface area contributed by atoms with Crippen LogP contribution in [-0.4, -0.2) is 18.9 Å². The Balaban J connectivity index is 2.22. The van der Waals surface area contributed by atoms with Gasteiger partial charge < -0.3 is 5.32 Å². The zero-order chi connectivity index (χ0) is 13.0. The maximum absolute atomic E-state index is 12.3. The molecule has 0 radical (unpaired) electrons. The highest BCUT2D eigenvalue weighted by Crippen LogP contribution is 2.17. The standard InChI is InChI=1S/C16H19NO/c1-3-17-11-12(2)16(18)15-9-8-13-6-4-5-7-14(13)10-15/h4-10,12,17H,3,11H2,1-2H3. The van der Waals surface area contributed by atoms with E-state index in [2.05, 4.69) is 11.4 Å². The van der Waals surface area contributed by atoms with Crippen LogP contribution >= 0.6 is 0 Å². The van der Waals surface area contributed by atoms with E-state index in [-0.39, 0.29) is 11.7 Å². The number of rotatable bonds is 5. The minimum atomic E-state index is 0.0195. The smallest absolute Gasteiger partial charge is 0.166 e. The molecule has 0 spiro atoms. The fourth-order valence-corrected chi connectivity index (χ4v) is 2.08. The highest BCUT2D eigenvalue weighted by Gasteiger charge is 2.14. The molecule has 2 aromatic carbocycles. The van der Waals surface area contributed by atoms with Gasteiger partial charge in [0.15, 0.2) is 5.78 Å². The van der Waals surface area contributed by atoms with Gasteiger partial charge in [0.2, 0.25) is 0 Å². The van der Waals surface area contributed by atoms with Crippen molar-refractivity contribution in [1.29, 1.82) is 0 Å². The van der Waals surface area contributed by atoms with E-state index in [9.17, 15) is 4.79 Å². The molecule has 1 atom stereocenters. The monoisotopic (exact) mass is 241 g/mol. The molecule has 1 N–H and O–H groups in total. The number of nitrogens with one attached hydrogen (secondary N) is 1. The van der Waals surface area contributed by atoms with E-state index in [4.69, 9.17) is 0 Å². The van der Waals surface area contributed by atoms with E-state index in [0.29, 0.717) is 0 Å². The Morgan fingerprint density at radius 2 is 1.89 bits per heavy atom. The second-order valence-electron chi connectivity index (χ2n) is 4.63. The lowest BCUT2D eigenvalue weighted by Gasteiger charge is -2.11. The third-order valence-electron chi connectivity index (χ3n) is 3.18. The molecule has 0 bridgehead atoms. The number of carbonyl (C=O) groups excluding carboxylic acids is 1. The summed E-state index contributed by atoms with van der Waals surface area (Å²) in [6.45, 7) is 5.66. The molecule has 0 aliphatic heterocycles. The number of hydrogen-bond donors (Lipinski definition) is 1. The number of carbonyl (C=O) groups is 1. The zero-order valence-electron chi connectivity index (χ0n) is 10.9. The van der Waals surface area contributed by atoms with Crippen LogP contribution in [-0.2, 0) is 0 Å².